The van der Waals surface area contributed by atoms with Gasteiger partial charge in [0.25, 0.3) is 0 Å². The number of fused-ring (bicyclic) bond motifs is 1. The van der Waals surface area contributed by atoms with Crippen molar-refractivity contribution in [2.75, 3.05) is 0 Å². The maximum atomic E-state index is 11.7. The highest BCUT2D eigenvalue weighted by Crippen LogP contribution is 2.70. The molecule has 0 saturated carbocycles. The zero-order valence-electron chi connectivity index (χ0n) is 6.85. The molecule has 0 aliphatic carbocycles. The minimum atomic E-state index is -2.12. The highest BCUT2D eigenvalue weighted by molar-refractivity contribution is 8.06. The van der Waals surface area contributed by atoms with Crippen molar-refractivity contribution in [3.05, 3.63) is 10.4 Å². The maximum absolute atomic E-state index is 11.7. The first-order valence-corrected chi connectivity index (χ1v) is 6.69. The molecule has 0 fully saturated rings. The van der Waals surface area contributed by atoms with Gasteiger partial charge in [-0.05, 0) is 0 Å². The van der Waals surface area contributed by atoms with E-state index in [0.29, 0.717) is 22.0 Å². The molecule has 5 rings (SSSR count). The van der Waals surface area contributed by atoms with Gasteiger partial charge in [-0.2, -0.15) is 0 Å². The van der Waals surface area contributed by atoms with Crippen molar-refractivity contribution in [1.29, 1.82) is 0 Å². The minimum absolute atomic E-state index is 0.0575. The predicted octanol–water partition coefficient (Wildman–Crippen LogP) is 0.162. The van der Waals surface area contributed by atoms with E-state index in [-0.39, 0.29) is 6.61 Å². The summed E-state index contributed by atoms with van der Waals surface area (Å²) in [6.07, 6.45) is 0. The van der Waals surface area contributed by atoms with Crippen molar-refractivity contribution in [3.8, 4) is 11.5 Å². The Morgan fingerprint density at radius 1 is 1.57 bits per heavy atom. The standard InChI is InChI=1S/C8H4NO3PS/c10-1-4-9-3(2-14-4)5-6-7-8(12-5)13(6,7)11/h2,10H,1H2. The molecule has 0 aromatic carbocycles. The van der Waals surface area contributed by atoms with Crippen LogP contribution >= 0.6 is 18.5 Å². The second-order valence-corrected chi connectivity index (χ2v) is 6.79. The van der Waals surface area contributed by atoms with Crippen molar-refractivity contribution < 1.29 is 14.1 Å². The molecule has 14 heavy (non-hydrogen) atoms. The van der Waals surface area contributed by atoms with Crippen LogP contribution in [0, 0.1) is 0 Å². The number of hydrogen-bond donors (Lipinski definition) is 1. The molecule has 2 bridgehead atoms. The molecule has 4 nitrogen and oxygen atoms in total. The quantitative estimate of drug-likeness (QED) is 0.494. The third-order valence-electron chi connectivity index (χ3n) is 2.58. The number of aliphatic hydroxyl groups excluding tert-OH is 1. The molecule has 0 saturated heterocycles. The monoisotopic (exact) mass is 225 g/mol. The van der Waals surface area contributed by atoms with Gasteiger partial charge in [-0.25, -0.2) is 4.98 Å². The fraction of sp³-hybridized carbons (Fsp3) is 0.125. The van der Waals surface area contributed by atoms with Gasteiger partial charge in [0.05, 0.1) is 17.2 Å². The Kier molecular flexibility index (Phi) is 0.998. The minimum Gasteiger partial charge on any atom is -0.449 e. The number of aliphatic hydroxyl groups is 1. The largest absolute Gasteiger partial charge is 0.449 e. The highest BCUT2D eigenvalue weighted by Gasteiger charge is 2.74. The van der Waals surface area contributed by atoms with E-state index in [2.05, 4.69) is 4.98 Å². The van der Waals surface area contributed by atoms with Gasteiger partial charge in [-0.3, -0.25) is 0 Å². The van der Waals surface area contributed by atoms with Crippen LogP contribution < -0.4 is 16.1 Å². The summed E-state index contributed by atoms with van der Waals surface area (Å²) in [5, 5.41) is 13.2. The van der Waals surface area contributed by atoms with Gasteiger partial charge in [0.1, 0.15) is 10.7 Å². The smallest absolute Gasteiger partial charge is 0.214 e. The number of thiazole rings is 1. The van der Waals surface area contributed by atoms with Crippen LogP contribution in [0.5, 0.6) is 0 Å². The van der Waals surface area contributed by atoms with E-state index in [1.807, 2.05) is 5.38 Å². The fourth-order valence-corrected chi connectivity index (χ4v) is 4.89. The molecule has 6 heteroatoms. The van der Waals surface area contributed by atoms with Gasteiger partial charge in [0.2, 0.25) is 7.14 Å². The molecule has 2 aromatic heterocycles. The molecule has 3 aliphatic heterocycles. The summed E-state index contributed by atoms with van der Waals surface area (Å²) in [6, 6.07) is 0. The van der Waals surface area contributed by atoms with E-state index in [9.17, 15) is 4.57 Å². The average Bonchev–Trinajstić information content (AvgIpc) is 2.85. The van der Waals surface area contributed by atoms with Crippen molar-refractivity contribution in [2.24, 2.45) is 0 Å². The lowest BCUT2D eigenvalue weighted by atomic mass is 10.4. The van der Waals surface area contributed by atoms with E-state index in [1.165, 1.54) is 11.3 Å². The molecule has 3 aliphatic rings. The maximum Gasteiger partial charge on any atom is 0.214 e. The van der Waals surface area contributed by atoms with Crippen LogP contribution in [-0.4, -0.2) is 10.1 Å². The van der Waals surface area contributed by atoms with Crippen LogP contribution in [0.25, 0.3) is 11.5 Å². The lowest BCUT2D eigenvalue weighted by Gasteiger charge is -1.85. The Morgan fingerprint density at radius 2 is 2.36 bits per heavy atom. The first-order chi connectivity index (χ1) is 6.76. The van der Waals surface area contributed by atoms with Gasteiger partial charge in [0.15, 0.2) is 11.3 Å². The van der Waals surface area contributed by atoms with E-state index in [0.717, 1.165) is 10.6 Å². The fourth-order valence-electron chi connectivity index (χ4n) is 1.76. The Hall–Kier alpha value is -0.900. The molecule has 2 aromatic rings. The van der Waals surface area contributed by atoms with Gasteiger partial charge < -0.3 is 14.1 Å². The molecular weight excluding hydrogens is 221 g/mol. The predicted molar refractivity (Wildman–Crippen MR) is 52.2 cm³/mol. The zero-order chi connectivity index (χ0) is 9.50. The number of furan rings is 1. The molecule has 70 valence electrons. The third kappa shape index (κ3) is 0.582. The Bertz CT molecular complexity index is 618. The molecule has 0 spiro atoms. The number of aromatic nitrogens is 1. The molecule has 0 radical (unpaired) electrons. The van der Waals surface area contributed by atoms with Gasteiger partial charge in [-0.1, -0.05) is 0 Å². The van der Waals surface area contributed by atoms with Gasteiger partial charge in [-0.15, -0.1) is 11.3 Å². The molecule has 1 atom stereocenters. The van der Waals surface area contributed by atoms with Crippen LogP contribution in [0.3, 0.4) is 0 Å². The first-order valence-electron chi connectivity index (χ1n) is 4.11. The van der Waals surface area contributed by atoms with E-state index in [4.69, 9.17) is 9.52 Å². The normalized spacial score (nSPS) is 24.9. The van der Waals surface area contributed by atoms with E-state index in [1.54, 1.807) is 0 Å². The van der Waals surface area contributed by atoms with Crippen molar-refractivity contribution >= 4 is 34.6 Å². The van der Waals surface area contributed by atoms with Crippen molar-refractivity contribution in [1.82, 2.24) is 4.98 Å². The lowest BCUT2D eigenvalue weighted by Crippen LogP contribution is -1.96. The van der Waals surface area contributed by atoms with Crippen molar-refractivity contribution in [2.45, 2.75) is 6.61 Å². The summed E-state index contributed by atoms with van der Waals surface area (Å²) in [7, 11) is -2.12. The molecule has 0 amide bonds. The molecule has 1 N–H and O–H groups in total. The highest BCUT2D eigenvalue weighted by atomic mass is 32.1. The number of hydrogen-bond acceptors (Lipinski definition) is 5. The topological polar surface area (TPSA) is 63.3 Å². The summed E-state index contributed by atoms with van der Waals surface area (Å²) < 4.78 is 17.0. The summed E-state index contributed by atoms with van der Waals surface area (Å²) in [5.41, 5.74) is 1.40. The van der Waals surface area contributed by atoms with Gasteiger partial charge >= 0.3 is 0 Å². The first kappa shape index (κ1) is 7.40. The summed E-state index contributed by atoms with van der Waals surface area (Å²) >= 11 is 1.38. The number of rotatable bonds is 2. The van der Waals surface area contributed by atoms with Crippen LogP contribution in [0.15, 0.2) is 9.80 Å². The van der Waals surface area contributed by atoms with Crippen LogP contribution in [-0.2, 0) is 11.2 Å². The molecule has 5 heterocycles. The summed E-state index contributed by atoms with van der Waals surface area (Å²) in [6.45, 7) is -0.0575. The Morgan fingerprint density at radius 3 is 2.86 bits per heavy atom. The SMILES string of the molecule is O=P12c3oc(-c4csc(CO)n4)c1c32. The average molecular weight is 225 g/mol. The lowest BCUT2D eigenvalue weighted by molar-refractivity contribution is 0.281. The van der Waals surface area contributed by atoms with Gasteiger partial charge in [0, 0.05) is 5.38 Å². The van der Waals surface area contributed by atoms with Crippen molar-refractivity contribution in [3.63, 3.8) is 0 Å². The second-order valence-electron chi connectivity index (χ2n) is 3.33. The third-order valence-corrected chi connectivity index (χ3v) is 5.96. The number of nitrogens with zero attached hydrogens (tertiary/aromatic N) is 1. The second kappa shape index (κ2) is 1.89. The molecule has 1 unspecified atom stereocenters. The van der Waals surface area contributed by atoms with Crippen LogP contribution in [0.1, 0.15) is 5.01 Å². The van der Waals surface area contributed by atoms with Crippen LogP contribution in [0.4, 0.5) is 0 Å². The van der Waals surface area contributed by atoms with E-state index < -0.39 is 7.14 Å². The summed E-state index contributed by atoms with van der Waals surface area (Å²) in [5.74, 6) is 0.661. The Balaban J connectivity index is 1.88. The van der Waals surface area contributed by atoms with E-state index >= 15 is 0 Å². The Labute approximate surface area is 82.6 Å². The molecular formula is C8H4NO3PS. The summed E-state index contributed by atoms with van der Waals surface area (Å²) in [4.78, 5) is 4.17. The zero-order valence-corrected chi connectivity index (χ0v) is 8.56. The van der Waals surface area contributed by atoms with Crippen LogP contribution in [0.2, 0.25) is 0 Å².